The second-order valence-corrected chi connectivity index (χ2v) is 7.25. The lowest BCUT2D eigenvalue weighted by atomic mass is 10.1. The summed E-state index contributed by atoms with van der Waals surface area (Å²) in [5.41, 5.74) is 2.73. The fourth-order valence-electron chi connectivity index (χ4n) is 2.66. The molecule has 0 saturated carbocycles. The van der Waals surface area contributed by atoms with Crippen LogP contribution in [0.25, 0.3) is 0 Å². The summed E-state index contributed by atoms with van der Waals surface area (Å²) in [6, 6.07) is 15.2. The summed E-state index contributed by atoms with van der Waals surface area (Å²) in [5.74, 6) is 0.712. The topological polar surface area (TPSA) is 56.2 Å². The molecule has 0 aliphatic heterocycles. The Labute approximate surface area is 167 Å². The molecule has 0 aliphatic carbocycles. The molecule has 0 radical (unpaired) electrons. The molecule has 1 heterocycles. The monoisotopic (exact) mass is 427 g/mol. The number of halogens is 1. The molecule has 5 nitrogen and oxygen atoms in total. The number of ether oxygens (including phenoxy) is 1. The van der Waals surface area contributed by atoms with E-state index in [0.29, 0.717) is 18.7 Å². The van der Waals surface area contributed by atoms with E-state index in [1.165, 1.54) is 0 Å². The van der Waals surface area contributed by atoms with Crippen molar-refractivity contribution in [3.05, 3.63) is 82.1 Å². The van der Waals surface area contributed by atoms with Gasteiger partial charge in [-0.15, -0.1) is 0 Å². The van der Waals surface area contributed by atoms with Gasteiger partial charge in [0.05, 0.1) is 6.20 Å². The summed E-state index contributed by atoms with van der Waals surface area (Å²) in [4.78, 5) is 12.4. The molecule has 2 aromatic carbocycles. The molecule has 27 heavy (non-hydrogen) atoms. The van der Waals surface area contributed by atoms with Crippen molar-refractivity contribution in [1.82, 2.24) is 15.1 Å². The lowest BCUT2D eigenvalue weighted by Crippen LogP contribution is -2.25. The Kier molecular flexibility index (Phi) is 6.65. The van der Waals surface area contributed by atoms with Crippen molar-refractivity contribution in [2.45, 2.75) is 26.5 Å². The summed E-state index contributed by atoms with van der Waals surface area (Å²) in [6.45, 7) is 3.82. The predicted molar refractivity (Wildman–Crippen MR) is 109 cm³/mol. The molecule has 1 amide bonds. The number of nitrogens with zero attached hydrogens (tertiary/aromatic N) is 2. The van der Waals surface area contributed by atoms with Crippen LogP contribution >= 0.6 is 15.9 Å². The Morgan fingerprint density at radius 3 is 2.85 bits per heavy atom. The van der Waals surface area contributed by atoms with E-state index in [2.05, 4.69) is 26.3 Å². The van der Waals surface area contributed by atoms with E-state index in [-0.39, 0.29) is 5.91 Å². The second-order valence-electron chi connectivity index (χ2n) is 6.34. The first-order valence-corrected chi connectivity index (χ1v) is 9.64. The Morgan fingerprint density at radius 2 is 2.07 bits per heavy atom. The quantitative estimate of drug-likeness (QED) is 0.543. The molecule has 0 unspecified atom stereocenters. The van der Waals surface area contributed by atoms with Gasteiger partial charge in [0.2, 0.25) is 0 Å². The van der Waals surface area contributed by atoms with Crippen molar-refractivity contribution in [2.75, 3.05) is 6.54 Å². The standard InChI is InChI=1S/C21H22BrN3O2/c1-16-13-24-25(14-16)10-4-9-23-21(26)18-6-2-5-17(11-18)15-27-20-8-3-7-19(22)12-20/h2-3,5-8,11-14H,4,9-10,15H2,1H3,(H,23,26). The first-order valence-electron chi connectivity index (χ1n) is 8.85. The van der Waals surface area contributed by atoms with Crippen LogP contribution in [0.2, 0.25) is 0 Å². The maximum Gasteiger partial charge on any atom is 0.251 e. The molecule has 6 heteroatoms. The summed E-state index contributed by atoms with van der Waals surface area (Å²) >= 11 is 3.43. The maximum atomic E-state index is 12.4. The zero-order valence-corrected chi connectivity index (χ0v) is 16.8. The zero-order chi connectivity index (χ0) is 19.1. The normalized spacial score (nSPS) is 10.6. The van der Waals surface area contributed by atoms with Gasteiger partial charge in [-0.3, -0.25) is 9.48 Å². The summed E-state index contributed by atoms with van der Waals surface area (Å²) in [5, 5.41) is 7.20. The second kappa shape index (κ2) is 9.37. The third-order valence-electron chi connectivity index (χ3n) is 4.00. The minimum absolute atomic E-state index is 0.0732. The van der Waals surface area contributed by atoms with E-state index in [1.54, 1.807) is 0 Å². The highest BCUT2D eigenvalue weighted by atomic mass is 79.9. The Balaban J connectivity index is 1.47. The average molecular weight is 428 g/mol. The fraction of sp³-hybridized carbons (Fsp3) is 0.238. The number of amides is 1. The van der Waals surface area contributed by atoms with Crippen LogP contribution in [-0.4, -0.2) is 22.2 Å². The molecule has 0 bridgehead atoms. The minimum Gasteiger partial charge on any atom is -0.489 e. The van der Waals surface area contributed by atoms with Gasteiger partial charge in [-0.05, 0) is 54.8 Å². The van der Waals surface area contributed by atoms with Crippen molar-refractivity contribution < 1.29 is 9.53 Å². The highest BCUT2D eigenvalue weighted by Crippen LogP contribution is 2.19. The highest BCUT2D eigenvalue weighted by Gasteiger charge is 2.06. The van der Waals surface area contributed by atoms with Crippen LogP contribution in [-0.2, 0) is 13.2 Å². The molecule has 0 fully saturated rings. The number of aryl methyl sites for hydroxylation is 2. The van der Waals surface area contributed by atoms with Crippen LogP contribution in [0.5, 0.6) is 5.75 Å². The van der Waals surface area contributed by atoms with Gasteiger partial charge < -0.3 is 10.1 Å². The van der Waals surface area contributed by atoms with Gasteiger partial charge in [0, 0.05) is 29.3 Å². The number of rotatable bonds is 8. The predicted octanol–water partition coefficient (Wildman–Crippen LogP) is 4.35. The first-order chi connectivity index (χ1) is 13.1. The van der Waals surface area contributed by atoms with Gasteiger partial charge in [0.25, 0.3) is 5.91 Å². The zero-order valence-electron chi connectivity index (χ0n) is 15.2. The summed E-state index contributed by atoms with van der Waals surface area (Å²) in [7, 11) is 0. The molecule has 1 aromatic heterocycles. The van der Waals surface area contributed by atoms with Gasteiger partial charge in [-0.2, -0.15) is 5.10 Å². The van der Waals surface area contributed by atoms with E-state index < -0.39 is 0 Å². The van der Waals surface area contributed by atoms with E-state index in [9.17, 15) is 4.79 Å². The molecule has 3 aromatic rings. The highest BCUT2D eigenvalue weighted by molar-refractivity contribution is 9.10. The van der Waals surface area contributed by atoms with Crippen molar-refractivity contribution in [3.8, 4) is 5.75 Å². The van der Waals surface area contributed by atoms with Crippen molar-refractivity contribution in [1.29, 1.82) is 0 Å². The van der Waals surface area contributed by atoms with E-state index in [1.807, 2.05) is 72.5 Å². The summed E-state index contributed by atoms with van der Waals surface area (Å²) in [6.07, 6.45) is 4.66. The summed E-state index contributed by atoms with van der Waals surface area (Å²) < 4.78 is 8.65. The van der Waals surface area contributed by atoms with Gasteiger partial charge in [0.1, 0.15) is 12.4 Å². The largest absolute Gasteiger partial charge is 0.489 e. The van der Waals surface area contributed by atoms with Crippen LogP contribution in [0, 0.1) is 6.92 Å². The molecule has 3 rings (SSSR count). The third kappa shape index (κ3) is 5.96. The average Bonchev–Trinajstić information content (AvgIpc) is 3.09. The smallest absolute Gasteiger partial charge is 0.251 e. The SMILES string of the molecule is Cc1cnn(CCCNC(=O)c2cccc(COc3cccc(Br)c3)c2)c1. The minimum atomic E-state index is -0.0732. The Morgan fingerprint density at radius 1 is 1.22 bits per heavy atom. The van der Waals surface area contributed by atoms with Crippen LogP contribution in [0.3, 0.4) is 0 Å². The van der Waals surface area contributed by atoms with Crippen molar-refractivity contribution in [2.24, 2.45) is 0 Å². The van der Waals surface area contributed by atoms with Crippen molar-refractivity contribution >= 4 is 21.8 Å². The van der Waals surface area contributed by atoms with Crippen LogP contribution in [0.15, 0.2) is 65.4 Å². The van der Waals surface area contributed by atoms with Crippen LogP contribution in [0.4, 0.5) is 0 Å². The van der Waals surface area contributed by atoms with Gasteiger partial charge in [0.15, 0.2) is 0 Å². The van der Waals surface area contributed by atoms with E-state index >= 15 is 0 Å². The molecule has 1 N–H and O–H groups in total. The number of hydrogen-bond acceptors (Lipinski definition) is 3. The molecular formula is C21H22BrN3O2. The van der Waals surface area contributed by atoms with Gasteiger partial charge in [-0.25, -0.2) is 0 Å². The number of carbonyl (C=O) groups is 1. The lowest BCUT2D eigenvalue weighted by molar-refractivity contribution is 0.0952. The van der Waals surface area contributed by atoms with E-state index in [0.717, 1.165) is 34.3 Å². The molecular weight excluding hydrogens is 406 g/mol. The number of aromatic nitrogens is 2. The van der Waals surface area contributed by atoms with Gasteiger partial charge in [-0.1, -0.05) is 34.1 Å². The lowest BCUT2D eigenvalue weighted by Gasteiger charge is -2.09. The molecule has 0 atom stereocenters. The maximum absolute atomic E-state index is 12.4. The Bertz CT molecular complexity index is 908. The van der Waals surface area contributed by atoms with Crippen molar-refractivity contribution in [3.63, 3.8) is 0 Å². The molecule has 140 valence electrons. The van der Waals surface area contributed by atoms with Crippen LogP contribution < -0.4 is 10.1 Å². The number of benzene rings is 2. The first kappa shape index (κ1) is 19.2. The fourth-order valence-corrected chi connectivity index (χ4v) is 3.04. The number of nitrogens with one attached hydrogen (secondary N) is 1. The van der Waals surface area contributed by atoms with E-state index in [4.69, 9.17) is 4.74 Å². The number of carbonyl (C=O) groups excluding carboxylic acids is 1. The molecule has 0 aliphatic rings. The Hall–Kier alpha value is -2.60. The van der Waals surface area contributed by atoms with Gasteiger partial charge >= 0.3 is 0 Å². The van der Waals surface area contributed by atoms with Crippen LogP contribution in [0.1, 0.15) is 27.9 Å². The molecule has 0 spiro atoms. The molecule has 0 saturated heterocycles. The number of hydrogen-bond donors (Lipinski definition) is 1. The third-order valence-corrected chi connectivity index (χ3v) is 4.50.